The highest BCUT2D eigenvalue weighted by atomic mass is 16.6. The number of rotatable bonds is 5. The smallest absolute Gasteiger partial charge is 0.326 e. The van der Waals surface area contributed by atoms with Gasteiger partial charge in [-0.1, -0.05) is 23.4 Å². The minimum absolute atomic E-state index is 0.162. The van der Waals surface area contributed by atoms with Crippen LogP contribution >= 0.6 is 0 Å². The lowest BCUT2D eigenvalue weighted by Crippen LogP contribution is -2.33. The van der Waals surface area contributed by atoms with Crippen LogP contribution in [0.5, 0.6) is 0 Å². The number of aromatic nitrogens is 2. The molecule has 0 bridgehead atoms. The predicted octanol–water partition coefficient (Wildman–Crippen LogP) is 1.75. The molecule has 0 spiro atoms. The number of carbonyl (C=O) groups is 2. The minimum Gasteiger partial charge on any atom is -0.451 e. The van der Waals surface area contributed by atoms with Crippen molar-refractivity contribution in [2.45, 2.75) is 20.0 Å². The zero-order valence-electron chi connectivity index (χ0n) is 12.6. The lowest BCUT2D eigenvalue weighted by molar-refractivity contribution is -0.150. The fourth-order valence-corrected chi connectivity index (χ4v) is 1.83. The Morgan fingerprint density at radius 2 is 2.00 bits per heavy atom. The summed E-state index contributed by atoms with van der Waals surface area (Å²) in [5.41, 5.74) is 0.512. The summed E-state index contributed by atoms with van der Waals surface area (Å²) < 4.78 is 10.1. The maximum Gasteiger partial charge on any atom is 0.326 e. The monoisotopic (exact) mass is 303 g/mol. The molecule has 0 aliphatic heterocycles. The summed E-state index contributed by atoms with van der Waals surface area (Å²) in [6.07, 6.45) is -0.658. The van der Waals surface area contributed by atoms with E-state index in [-0.39, 0.29) is 18.3 Å². The normalized spacial score (nSPS) is 11.8. The molecule has 1 unspecified atom stereocenters. The van der Waals surface area contributed by atoms with Crippen molar-refractivity contribution in [2.24, 2.45) is 0 Å². The second-order valence-corrected chi connectivity index (χ2v) is 4.84. The highest BCUT2D eigenvalue weighted by Crippen LogP contribution is 2.14. The maximum atomic E-state index is 12.1. The summed E-state index contributed by atoms with van der Waals surface area (Å²) in [6, 6.07) is 8.72. The second-order valence-electron chi connectivity index (χ2n) is 4.84. The van der Waals surface area contributed by atoms with Gasteiger partial charge in [0, 0.05) is 12.6 Å². The predicted molar refractivity (Wildman–Crippen MR) is 76.9 cm³/mol. The highest BCUT2D eigenvalue weighted by Gasteiger charge is 2.20. The van der Waals surface area contributed by atoms with Crippen LogP contribution in [0.3, 0.4) is 0 Å². The van der Waals surface area contributed by atoms with E-state index < -0.39 is 12.1 Å². The molecule has 1 amide bonds. The number of benzene rings is 1. The van der Waals surface area contributed by atoms with E-state index in [2.05, 4.69) is 10.1 Å². The molecule has 0 N–H and O–H groups in total. The first-order chi connectivity index (χ1) is 10.5. The van der Waals surface area contributed by atoms with Crippen molar-refractivity contribution in [2.75, 3.05) is 13.6 Å². The summed E-state index contributed by atoms with van der Waals surface area (Å²) in [6.45, 7) is 3.14. The van der Waals surface area contributed by atoms with Gasteiger partial charge in [-0.25, -0.2) is 0 Å². The van der Waals surface area contributed by atoms with Gasteiger partial charge in [-0.15, -0.1) is 0 Å². The number of hydrogen-bond donors (Lipinski definition) is 0. The third-order valence-electron chi connectivity index (χ3n) is 2.93. The molecule has 0 aliphatic carbocycles. The van der Waals surface area contributed by atoms with Gasteiger partial charge in [-0.2, -0.15) is 4.98 Å². The summed E-state index contributed by atoms with van der Waals surface area (Å²) in [7, 11) is 1.54. The third-order valence-corrected chi connectivity index (χ3v) is 2.93. The van der Waals surface area contributed by atoms with Gasteiger partial charge in [0.05, 0.1) is 0 Å². The van der Waals surface area contributed by atoms with Crippen LogP contribution in [-0.2, 0) is 9.53 Å². The molecule has 0 saturated heterocycles. The highest BCUT2D eigenvalue weighted by molar-refractivity contribution is 5.95. The molecule has 7 heteroatoms. The first-order valence-electron chi connectivity index (χ1n) is 6.77. The Bertz CT molecular complexity index is 654. The van der Waals surface area contributed by atoms with Crippen molar-refractivity contribution in [1.82, 2.24) is 15.0 Å². The van der Waals surface area contributed by atoms with Gasteiger partial charge in [-0.3, -0.25) is 9.59 Å². The molecule has 0 aliphatic rings. The van der Waals surface area contributed by atoms with Crippen LogP contribution in [0.25, 0.3) is 0 Å². The number of amides is 1. The van der Waals surface area contributed by atoms with E-state index in [4.69, 9.17) is 9.26 Å². The van der Waals surface area contributed by atoms with Crippen LogP contribution in [0.4, 0.5) is 0 Å². The van der Waals surface area contributed by atoms with Crippen molar-refractivity contribution in [3.63, 3.8) is 0 Å². The second kappa shape index (κ2) is 6.84. The van der Waals surface area contributed by atoms with Crippen molar-refractivity contribution in [1.29, 1.82) is 0 Å². The molecular weight excluding hydrogens is 286 g/mol. The minimum atomic E-state index is -0.658. The van der Waals surface area contributed by atoms with Gasteiger partial charge in [0.2, 0.25) is 0 Å². The Labute approximate surface area is 127 Å². The molecule has 0 radical (unpaired) electrons. The number of nitrogens with zero attached hydrogens (tertiary/aromatic N) is 3. The van der Waals surface area contributed by atoms with Crippen molar-refractivity contribution >= 4 is 11.9 Å². The topological polar surface area (TPSA) is 85.5 Å². The Hall–Kier alpha value is -2.70. The van der Waals surface area contributed by atoms with Gasteiger partial charge in [0.25, 0.3) is 11.8 Å². The molecule has 22 heavy (non-hydrogen) atoms. The van der Waals surface area contributed by atoms with Gasteiger partial charge < -0.3 is 14.2 Å². The quantitative estimate of drug-likeness (QED) is 0.782. The van der Waals surface area contributed by atoms with Crippen LogP contribution in [0.15, 0.2) is 34.9 Å². The maximum absolute atomic E-state index is 12.1. The number of hydrogen-bond acceptors (Lipinski definition) is 6. The van der Waals surface area contributed by atoms with Gasteiger partial charge in [0.1, 0.15) is 6.54 Å². The third kappa shape index (κ3) is 3.91. The average Bonchev–Trinajstić information content (AvgIpc) is 2.94. The number of ether oxygens (including phenoxy) is 1. The standard InChI is InChI=1S/C15H17N3O4/c1-10(14-16-11(2)17-22-14)21-13(19)9-18(3)15(20)12-7-5-4-6-8-12/h4-8,10H,9H2,1-3H3. The molecule has 116 valence electrons. The zero-order chi connectivity index (χ0) is 16.1. The summed E-state index contributed by atoms with van der Waals surface area (Å²) in [5, 5.41) is 3.63. The van der Waals surface area contributed by atoms with E-state index in [1.54, 1.807) is 38.1 Å². The van der Waals surface area contributed by atoms with Crippen LogP contribution in [0.2, 0.25) is 0 Å². The van der Waals surface area contributed by atoms with E-state index in [1.807, 2.05) is 6.07 Å². The van der Waals surface area contributed by atoms with Crippen LogP contribution < -0.4 is 0 Å². The Morgan fingerprint density at radius 3 is 2.59 bits per heavy atom. The fraction of sp³-hybridized carbons (Fsp3) is 0.333. The Kier molecular flexibility index (Phi) is 4.88. The lowest BCUT2D eigenvalue weighted by atomic mass is 10.2. The number of aryl methyl sites for hydroxylation is 1. The van der Waals surface area contributed by atoms with Crippen LogP contribution in [0, 0.1) is 6.92 Å². The molecule has 0 saturated carbocycles. The summed E-state index contributed by atoms with van der Waals surface area (Å²) in [5.74, 6) is -0.105. The summed E-state index contributed by atoms with van der Waals surface area (Å²) in [4.78, 5) is 29.3. The van der Waals surface area contributed by atoms with E-state index in [0.29, 0.717) is 11.4 Å². The first kappa shape index (κ1) is 15.7. The molecule has 7 nitrogen and oxygen atoms in total. The van der Waals surface area contributed by atoms with Gasteiger partial charge in [-0.05, 0) is 26.0 Å². The molecule has 1 aromatic heterocycles. The zero-order valence-corrected chi connectivity index (χ0v) is 12.6. The van der Waals surface area contributed by atoms with Crippen molar-refractivity contribution < 1.29 is 18.8 Å². The van der Waals surface area contributed by atoms with Gasteiger partial charge >= 0.3 is 5.97 Å². The fourth-order valence-electron chi connectivity index (χ4n) is 1.83. The molecule has 2 rings (SSSR count). The SMILES string of the molecule is Cc1noc(C(C)OC(=O)CN(C)C(=O)c2ccccc2)n1. The number of likely N-dealkylation sites (N-methyl/N-ethyl adjacent to an activating group) is 1. The lowest BCUT2D eigenvalue weighted by Gasteiger charge is -2.17. The van der Waals surface area contributed by atoms with E-state index in [0.717, 1.165) is 0 Å². The average molecular weight is 303 g/mol. The van der Waals surface area contributed by atoms with E-state index in [1.165, 1.54) is 11.9 Å². The largest absolute Gasteiger partial charge is 0.451 e. The number of esters is 1. The number of carbonyl (C=O) groups excluding carboxylic acids is 2. The molecule has 2 aromatic rings. The Balaban J connectivity index is 1.90. The molecule has 1 atom stereocenters. The first-order valence-corrected chi connectivity index (χ1v) is 6.77. The van der Waals surface area contributed by atoms with Crippen LogP contribution in [0.1, 0.15) is 35.1 Å². The Morgan fingerprint density at radius 1 is 1.32 bits per heavy atom. The van der Waals surface area contributed by atoms with Crippen molar-refractivity contribution in [3.05, 3.63) is 47.6 Å². The molecule has 1 heterocycles. The molecular formula is C15H17N3O4. The molecule has 1 aromatic carbocycles. The summed E-state index contributed by atoms with van der Waals surface area (Å²) >= 11 is 0. The van der Waals surface area contributed by atoms with E-state index in [9.17, 15) is 9.59 Å². The van der Waals surface area contributed by atoms with E-state index >= 15 is 0 Å². The van der Waals surface area contributed by atoms with Crippen LogP contribution in [-0.4, -0.2) is 40.5 Å². The van der Waals surface area contributed by atoms with Crippen molar-refractivity contribution in [3.8, 4) is 0 Å². The molecule has 0 fully saturated rings. The van der Waals surface area contributed by atoms with Gasteiger partial charge in [0.15, 0.2) is 11.9 Å².